The average molecular weight is 358 g/mol. The summed E-state index contributed by atoms with van der Waals surface area (Å²) in [4.78, 5) is 18.1. The van der Waals surface area contributed by atoms with Crippen molar-refractivity contribution >= 4 is 23.1 Å². The van der Waals surface area contributed by atoms with Gasteiger partial charge in [0.05, 0.1) is 11.3 Å². The first-order chi connectivity index (χ1) is 12.1. The number of aromatic nitrogens is 5. The molecule has 0 bridgehead atoms. The molecule has 8 nitrogen and oxygen atoms in total. The van der Waals surface area contributed by atoms with Crippen LogP contribution in [0.3, 0.4) is 0 Å². The zero-order chi connectivity index (χ0) is 17.4. The molecule has 130 valence electrons. The zero-order valence-electron chi connectivity index (χ0n) is 14.1. The van der Waals surface area contributed by atoms with E-state index in [2.05, 4.69) is 25.8 Å². The highest BCUT2D eigenvalue weighted by Gasteiger charge is 2.22. The Morgan fingerprint density at radius 2 is 2.20 bits per heavy atom. The summed E-state index contributed by atoms with van der Waals surface area (Å²) in [6.45, 7) is 3.93. The molecule has 0 saturated heterocycles. The van der Waals surface area contributed by atoms with Gasteiger partial charge >= 0.3 is 0 Å². The maximum atomic E-state index is 12.6. The number of hydrogen-bond acceptors (Lipinski definition) is 7. The minimum absolute atomic E-state index is 0.120. The predicted molar refractivity (Wildman–Crippen MR) is 91.8 cm³/mol. The fraction of sp³-hybridized carbons (Fsp3) is 0.438. The molecule has 9 heteroatoms. The standard InChI is InChI=1S/C16H18N6O2S/c1-9-15(19-21-22(9)7-14-17-10(2)24-20-14)18-16(23)12-8-25-13-6-4-3-5-11(12)13/h8H,3-7H2,1-2H3,(H,18,23). The monoisotopic (exact) mass is 358 g/mol. The second kappa shape index (κ2) is 6.40. The largest absolute Gasteiger partial charge is 0.340 e. The van der Waals surface area contributed by atoms with Gasteiger partial charge in [-0.25, -0.2) is 4.68 Å². The van der Waals surface area contributed by atoms with Crippen molar-refractivity contribution in [2.45, 2.75) is 46.1 Å². The Kier molecular flexibility index (Phi) is 4.08. The lowest BCUT2D eigenvalue weighted by molar-refractivity contribution is 0.102. The van der Waals surface area contributed by atoms with Gasteiger partial charge in [-0.2, -0.15) is 4.98 Å². The Balaban J connectivity index is 1.51. The summed E-state index contributed by atoms with van der Waals surface area (Å²) in [7, 11) is 0. The van der Waals surface area contributed by atoms with Gasteiger partial charge in [-0.3, -0.25) is 4.79 Å². The van der Waals surface area contributed by atoms with Gasteiger partial charge in [0.15, 0.2) is 11.6 Å². The molecule has 3 aromatic heterocycles. The highest BCUT2D eigenvalue weighted by Crippen LogP contribution is 2.30. The van der Waals surface area contributed by atoms with E-state index in [0.29, 0.717) is 24.1 Å². The summed E-state index contributed by atoms with van der Waals surface area (Å²) in [6.07, 6.45) is 4.40. The van der Waals surface area contributed by atoms with Crippen molar-refractivity contribution in [1.82, 2.24) is 25.1 Å². The molecule has 0 radical (unpaired) electrons. The van der Waals surface area contributed by atoms with Crippen LogP contribution >= 0.6 is 11.3 Å². The number of carbonyl (C=O) groups is 1. The molecule has 1 aliphatic rings. The van der Waals surface area contributed by atoms with Crippen LogP contribution in [0.2, 0.25) is 0 Å². The van der Waals surface area contributed by atoms with Gasteiger partial charge in [-0.1, -0.05) is 10.4 Å². The number of hydrogen-bond donors (Lipinski definition) is 1. The van der Waals surface area contributed by atoms with Gasteiger partial charge in [-0.15, -0.1) is 16.4 Å². The smallest absolute Gasteiger partial charge is 0.258 e. The van der Waals surface area contributed by atoms with Crippen molar-refractivity contribution in [1.29, 1.82) is 0 Å². The van der Waals surface area contributed by atoms with Crippen LogP contribution < -0.4 is 5.32 Å². The van der Waals surface area contributed by atoms with Crippen molar-refractivity contribution in [3.63, 3.8) is 0 Å². The number of anilines is 1. The van der Waals surface area contributed by atoms with Crippen LogP contribution in [-0.2, 0) is 19.4 Å². The van der Waals surface area contributed by atoms with E-state index in [1.54, 1.807) is 22.9 Å². The minimum atomic E-state index is -0.120. The van der Waals surface area contributed by atoms with Crippen molar-refractivity contribution in [2.75, 3.05) is 5.32 Å². The van der Waals surface area contributed by atoms with Gasteiger partial charge < -0.3 is 9.84 Å². The third-order valence-corrected chi connectivity index (χ3v) is 5.47. The van der Waals surface area contributed by atoms with Crippen LogP contribution in [0, 0.1) is 13.8 Å². The number of carbonyl (C=O) groups excluding carboxylic acids is 1. The molecule has 3 aromatic rings. The molecular formula is C16H18N6O2S. The summed E-state index contributed by atoms with van der Waals surface area (Å²) < 4.78 is 6.60. The first-order valence-electron chi connectivity index (χ1n) is 8.21. The van der Waals surface area contributed by atoms with Crippen molar-refractivity contribution in [3.05, 3.63) is 38.8 Å². The number of nitrogens with zero attached hydrogens (tertiary/aromatic N) is 5. The SMILES string of the molecule is Cc1nc(Cn2nnc(NC(=O)c3csc4c3CCCC4)c2C)no1. The first-order valence-corrected chi connectivity index (χ1v) is 9.09. The first kappa shape index (κ1) is 15.9. The van der Waals surface area contributed by atoms with E-state index in [9.17, 15) is 4.79 Å². The van der Waals surface area contributed by atoms with E-state index >= 15 is 0 Å². The summed E-state index contributed by atoms with van der Waals surface area (Å²) in [5, 5.41) is 16.8. The molecule has 0 saturated carbocycles. The van der Waals surface area contributed by atoms with Gasteiger partial charge in [0.2, 0.25) is 5.89 Å². The fourth-order valence-corrected chi connectivity index (χ4v) is 4.15. The van der Waals surface area contributed by atoms with Gasteiger partial charge in [0.25, 0.3) is 5.91 Å². The third-order valence-electron chi connectivity index (χ3n) is 4.38. The average Bonchev–Trinajstić information content (AvgIpc) is 3.30. The lowest BCUT2D eigenvalue weighted by atomic mass is 9.96. The molecule has 0 spiro atoms. The number of aryl methyl sites for hydroxylation is 2. The molecule has 0 fully saturated rings. The molecule has 0 unspecified atom stereocenters. The van der Waals surface area contributed by atoms with E-state index in [-0.39, 0.29) is 5.91 Å². The third kappa shape index (κ3) is 3.07. The normalized spacial score (nSPS) is 13.7. The topological polar surface area (TPSA) is 98.7 Å². The summed E-state index contributed by atoms with van der Waals surface area (Å²) in [6, 6.07) is 0. The second-order valence-electron chi connectivity index (χ2n) is 6.12. The fourth-order valence-electron chi connectivity index (χ4n) is 3.02. The molecule has 1 amide bonds. The van der Waals surface area contributed by atoms with Crippen LogP contribution in [0.5, 0.6) is 0 Å². The Labute approximate surface area is 148 Å². The van der Waals surface area contributed by atoms with Crippen LogP contribution in [0.1, 0.15) is 51.0 Å². The zero-order valence-corrected chi connectivity index (χ0v) is 14.9. The molecule has 1 N–H and O–H groups in total. The number of amides is 1. The Hall–Kier alpha value is -2.55. The second-order valence-corrected chi connectivity index (χ2v) is 7.09. The number of rotatable bonds is 4. The molecule has 0 aliphatic heterocycles. The number of nitrogens with one attached hydrogen (secondary N) is 1. The van der Waals surface area contributed by atoms with E-state index < -0.39 is 0 Å². The molecule has 25 heavy (non-hydrogen) atoms. The van der Waals surface area contributed by atoms with Gasteiger partial charge in [-0.05, 0) is 38.2 Å². The van der Waals surface area contributed by atoms with E-state index in [1.807, 2.05) is 12.3 Å². The van der Waals surface area contributed by atoms with Gasteiger partial charge in [0, 0.05) is 17.2 Å². The minimum Gasteiger partial charge on any atom is -0.340 e. The summed E-state index contributed by atoms with van der Waals surface area (Å²) in [5.41, 5.74) is 2.71. The Morgan fingerprint density at radius 1 is 1.36 bits per heavy atom. The number of fused-ring (bicyclic) bond motifs is 1. The number of thiophene rings is 1. The van der Waals surface area contributed by atoms with Crippen molar-refractivity contribution < 1.29 is 9.32 Å². The summed E-state index contributed by atoms with van der Waals surface area (Å²) in [5.74, 6) is 1.37. The molecule has 1 aliphatic carbocycles. The van der Waals surface area contributed by atoms with Crippen molar-refractivity contribution in [2.24, 2.45) is 0 Å². The Morgan fingerprint density at radius 3 is 3.00 bits per heavy atom. The molecule has 3 heterocycles. The quantitative estimate of drug-likeness (QED) is 0.769. The predicted octanol–water partition coefficient (Wildman–Crippen LogP) is 2.52. The lowest BCUT2D eigenvalue weighted by Crippen LogP contribution is -2.15. The van der Waals surface area contributed by atoms with Crippen molar-refractivity contribution in [3.8, 4) is 0 Å². The van der Waals surface area contributed by atoms with E-state index in [0.717, 1.165) is 30.5 Å². The van der Waals surface area contributed by atoms with Crippen LogP contribution in [0.25, 0.3) is 0 Å². The van der Waals surface area contributed by atoms with E-state index in [4.69, 9.17) is 4.52 Å². The molecule has 0 aromatic carbocycles. The maximum Gasteiger partial charge on any atom is 0.258 e. The lowest BCUT2D eigenvalue weighted by Gasteiger charge is -2.12. The van der Waals surface area contributed by atoms with Crippen LogP contribution in [0.4, 0.5) is 5.82 Å². The Bertz CT molecular complexity index is 925. The van der Waals surface area contributed by atoms with E-state index in [1.165, 1.54) is 16.9 Å². The highest BCUT2D eigenvalue weighted by molar-refractivity contribution is 7.10. The summed E-state index contributed by atoms with van der Waals surface area (Å²) >= 11 is 1.68. The molecule has 4 rings (SSSR count). The van der Waals surface area contributed by atoms with Crippen LogP contribution in [-0.4, -0.2) is 31.0 Å². The van der Waals surface area contributed by atoms with Gasteiger partial charge in [0.1, 0.15) is 6.54 Å². The molecule has 0 atom stereocenters. The molecular weight excluding hydrogens is 340 g/mol. The highest BCUT2D eigenvalue weighted by atomic mass is 32.1. The van der Waals surface area contributed by atoms with Crippen LogP contribution in [0.15, 0.2) is 9.90 Å². The maximum absolute atomic E-state index is 12.6.